The van der Waals surface area contributed by atoms with Crippen LogP contribution in [0.4, 0.5) is 11.5 Å². The van der Waals surface area contributed by atoms with E-state index in [-0.39, 0.29) is 10.6 Å². The number of ether oxygens (including phenoxy) is 2. The molecular weight excluding hydrogens is 264 g/mol. The highest BCUT2D eigenvalue weighted by Gasteiger charge is 2.24. The molecule has 114 valence electrons. The van der Waals surface area contributed by atoms with Crippen molar-refractivity contribution in [2.75, 3.05) is 38.8 Å². The average molecular weight is 286 g/mol. The number of aryl methyl sites for hydroxylation is 2. The molecule has 1 heterocycles. The maximum Gasteiger partial charge on any atom is 0.333 e. The highest BCUT2D eigenvalue weighted by Crippen LogP contribution is 2.28. The Morgan fingerprint density at radius 1 is 1.40 bits per heavy atom. The molecule has 0 bridgehead atoms. The Labute approximate surface area is 118 Å². The smallest absolute Gasteiger partial charge is 0.333 e. The fraction of sp³-hybridized carbons (Fsp3) is 0.750. The van der Waals surface area contributed by atoms with Gasteiger partial charge in [-0.15, -0.1) is 0 Å². The van der Waals surface area contributed by atoms with Crippen LogP contribution in [0.3, 0.4) is 0 Å². The molecule has 1 N–H and O–H groups in total. The van der Waals surface area contributed by atoms with Crippen LogP contribution in [0.2, 0.25) is 0 Å². The summed E-state index contributed by atoms with van der Waals surface area (Å²) in [6.07, 6.45) is 1.29. The SMILES string of the molecule is CCc1nn(C)c(NCCCOCCOC)c1[N+](=O)[O-]. The molecule has 0 spiro atoms. The van der Waals surface area contributed by atoms with Crippen LogP contribution in [0.1, 0.15) is 19.0 Å². The van der Waals surface area contributed by atoms with Crippen LogP contribution in [0.5, 0.6) is 0 Å². The molecule has 0 unspecified atom stereocenters. The van der Waals surface area contributed by atoms with Gasteiger partial charge in [0, 0.05) is 27.3 Å². The molecule has 8 nitrogen and oxygen atoms in total. The van der Waals surface area contributed by atoms with Crippen molar-refractivity contribution in [3.8, 4) is 0 Å². The van der Waals surface area contributed by atoms with Crippen LogP contribution in [0.25, 0.3) is 0 Å². The molecule has 0 amide bonds. The number of hydrogen-bond donors (Lipinski definition) is 1. The summed E-state index contributed by atoms with van der Waals surface area (Å²) in [4.78, 5) is 10.7. The number of methoxy groups -OCH3 is 1. The summed E-state index contributed by atoms with van der Waals surface area (Å²) in [7, 11) is 3.32. The summed E-state index contributed by atoms with van der Waals surface area (Å²) < 4.78 is 11.7. The number of nitro groups is 1. The second-order valence-electron chi connectivity index (χ2n) is 4.26. The molecule has 0 aliphatic carbocycles. The van der Waals surface area contributed by atoms with Crippen molar-refractivity contribution in [2.45, 2.75) is 19.8 Å². The molecule has 0 atom stereocenters. The lowest BCUT2D eigenvalue weighted by Gasteiger charge is -2.06. The molecule has 0 fully saturated rings. The Kier molecular flexibility index (Phi) is 6.96. The monoisotopic (exact) mass is 286 g/mol. The first kappa shape index (κ1) is 16.4. The summed E-state index contributed by atoms with van der Waals surface area (Å²) in [5, 5.41) is 18.3. The number of aromatic nitrogens is 2. The Hall–Kier alpha value is -1.67. The van der Waals surface area contributed by atoms with Gasteiger partial charge in [0.1, 0.15) is 5.69 Å². The van der Waals surface area contributed by atoms with E-state index in [1.807, 2.05) is 6.92 Å². The van der Waals surface area contributed by atoms with E-state index in [0.717, 1.165) is 6.42 Å². The standard InChI is InChI=1S/C12H22N4O4/c1-4-10-11(16(17)18)12(15(2)14-10)13-6-5-7-20-9-8-19-3/h13H,4-9H2,1-3H3. The van der Waals surface area contributed by atoms with Gasteiger partial charge in [-0.05, 0) is 12.8 Å². The summed E-state index contributed by atoms with van der Waals surface area (Å²) in [5.41, 5.74) is 0.562. The predicted octanol–water partition coefficient (Wildman–Crippen LogP) is 1.36. The van der Waals surface area contributed by atoms with Crippen LogP contribution >= 0.6 is 0 Å². The third-order valence-corrected chi connectivity index (χ3v) is 2.80. The van der Waals surface area contributed by atoms with Gasteiger partial charge in [-0.25, -0.2) is 4.68 Å². The number of nitrogens with one attached hydrogen (secondary N) is 1. The van der Waals surface area contributed by atoms with Gasteiger partial charge < -0.3 is 14.8 Å². The van der Waals surface area contributed by atoms with E-state index in [2.05, 4.69) is 10.4 Å². The first-order valence-electron chi connectivity index (χ1n) is 6.62. The molecular formula is C12H22N4O4. The lowest BCUT2D eigenvalue weighted by molar-refractivity contribution is -0.384. The molecule has 0 aliphatic rings. The topological polar surface area (TPSA) is 91.5 Å². The molecule has 0 saturated carbocycles. The molecule has 1 aromatic rings. The van der Waals surface area contributed by atoms with E-state index in [1.165, 1.54) is 4.68 Å². The molecule has 0 radical (unpaired) electrons. The van der Waals surface area contributed by atoms with E-state index in [1.54, 1.807) is 14.2 Å². The minimum Gasteiger partial charge on any atom is -0.382 e. The molecule has 20 heavy (non-hydrogen) atoms. The molecule has 0 aromatic carbocycles. The maximum absolute atomic E-state index is 11.1. The molecule has 1 aromatic heterocycles. The largest absolute Gasteiger partial charge is 0.382 e. The quantitative estimate of drug-likeness (QED) is 0.396. The number of anilines is 1. The van der Waals surface area contributed by atoms with Crippen molar-refractivity contribution in [1.29, 1.82) is 0 Å². The highest BCUT2D eigenvalue weighted by atomic mass is 16.6. The van der Waals surface area contributed by atoms with Gasteiger partial charge in [0.15, 0.2) is 0 Å². The van der Waals surface area contributed by atoms with Crippen LogP contribution in [-0.2, 0) is 22.9 Å². The fourth-order valence-corrected chi connectivity index (χ4v) is 1.82. The van der Waals surface area contributed by atoms with Gasteiger partial charge in [-0.2, -0.15) is 5.10 Å². The lowest BCUT2D eigenvalue weighted by atomic mass is 10.3. The predicted molar refractivity (Wildman–Crippen MR) is 75.0 cm³/mol. The van der Waals surface area contributed by atoms with Crippen molar-refractivity contribution in [1.82, 2.24) is 9.78 Å². The average Bonchev–Trinajstić information content (AvgIpc) is 2.74. The molecule has 0 aliphatic heterocycles. The highest BCUT2D eigenvalue weighted by molar-refractivity contribution is 5.59. The zero-order chi connectivity index (χ0) is 15.0. The van der Waals surface area contributed by atoms with Crippen molar-refractivity contribution < 1.29 is 14.4 Å². The minimum atomic E-state index is -0.386. The van der Waals surface area contributed by atoms with E-state index >= 15 is 0 Å². The third kappa shape index (κ3) is 4.46. The Bertz CT molecular complexity index is 433. The van der Waals surface area contributed by atoms with E-state index in [4.69, 9.17) is 9.47 Å². The van der Waals surface area contributed by atoms with Crippen LogP contribution in [0, 0.1) is 10.1 Å². The van der Waals surface area contributed by atoms with Crippen molar-refractivity contribution in [3.05, 3.63) is 15.8 Å². The van der Waals surface area contributed by atoms with E-state index in [0.29, 0.717) is 44.3 Å². The summed E-state index contributed by atoms with van der Waals surface area (Å²) in [6.45, 7) is 4.16. The van der Waals surface area contributed by atoms with Gasteiger partial charge in [-0.1, -0.05) is 6.92 Å². The second-order valence-corrected chi connectivity index (χ2v) is 4.26. The Morgan fingerprint density at radius 2 is 2.15 bits per heavy atom. The zero-order valence-electron chi connectivity index (χ0n) is 12.2. The van der Waals surface area contributed by atoms with Gasteiger partial charge in [0.2, 0.25) is 5.82 Å². The van der Waals surface area contributed by atoms with E-state index < -0.39 is 0 Å². The number of nitrogens with zero attached hydrogens (tertiary/aromatic N) is 3. The van der Waals surface area contributed by atoms with Crippen molar-refractivity contribution in [2.24, 2.45) is 7.05 Å². The first-order valence-corrected chi connectivity index (χ1v) is 6.62. The van der Waals surface area contributed by atoms with Crippen LogP contribution in [0.15, 0.2) is 0 Å². The molecule has 1 rings (SSSR count). The minimum absolute atomic E-state index is 0.0651. The Balaban J connectivity index is 2.47. The van der Waals surface area contributed by atoms with Crippen molar-refractivity contribution >= 4 is 11.5 Å². The molecule has 8 heteroatoms. The maximum atomic E-state index is 11.1. The lowest BCUT2D eigenvalue weighted by Crippen LogP contribution is -2.11. The van der Waals surface area contributed by atoms with Gasteiger partial charge in [0.25, 0.3) is 0 Å². The first-order chi connectivity index (χ1) is 9.61. The zero-order valence-corrected chi connectivity index (χ0v) is 12.2. The summed E-state index contributed by atoms with van der Waals surface area (Å²) >= 11 is 0. The number of hydrogen-bond acceptors (Lipinski definition) is 6. The second kappa shape index (κ2) is 8.49. The summed E-state index contributed by atoms with van der Waals surface area (Å²) in [5.74, 6) is 0.448. The Morgan fingerprint density at radius 3 is 2.75 bits per heavy atom. The normalized spacial score (nSPS) is 10.8. The van der Waals surface area contributed by atoms with Crippen molar-refractivity contribution in [3.63, 3.8) is 0 Å². The van der Waals surface area contributed by atoms with Crippen LogP contribution < -0.4 is 5.32 Å². The van der Waals surface area contributed by atoms with E-state index in [9.17, 15) is 10.1 Å². The van der Waals surface area contributed by atoms with Crippen LogP contribution in [-0.4, -0.2) is 48.2 Å². The van der Waals surface area contributed by atoms with Gasteiger partial charge in [-0.3, -0.25) is 10.1 Å². The van der Waals surface area contributed by atoms with Gasteiger partial charge in [0.05, 0.1) is 18.1 Å². The summed E-state index contributed by atoms with van der Waals surface area (Å²) in [6, 6.07) is 0. The van der Waals surface area contributed by atoms with Gasteiger partial charge >= 0.3 is 5.69 Å². The molecule has 0 saturated heterocycles. The number of rotatable bonds is 10. The fourth-order valence-electron chi connectivity index (χ4n) is 1.82. The third-order valence-electron chi connectivity index (χ3n) is 2.80.